The van der Waals surface area contributed by atoms with Crippen LogP contribution in [0.4, 0.5) is 0 Å². The molecular weight excluding hydrogens is 354 g/mol. The van der Waals surface area contributed by atoms with E-state index in [1.165, 1.54) is 4.88 Å². The Morgan fingerprint density at radius 1 is 1.19 bits per heavy atom. The number of hydrogen-bond donors (Lipinski definition) is 0. The predicted octanol–water partition coefficient (Wildman–Crippen LogP) is 1.23. The number of carbonyl (C=O) groups excluding carboxylic acids is 1. The fourth-order valence-corrected chi connectivity index (χ4v) is 4.79. The van der Waals surface area contributed by atoms with Crippen molar-refractivity contribution in [3.05, 3.63) is 31.3 Å². The van der Waals surface area contributed by atoms with Crippen molar-refractivity contribution in [1.29, 1.82) is 0 Å². The molecular formula is C18H25N3O4S. The molecule has 0 saturated heterocycles. The van der Waals surface area contributed by atoms with E-state index in [4.69, 9.17) is 4.74 Å². The van der Waals surface area contributed by atoms with Crippen molar-refractivity contribution in [2.75, 3.05) is 27.2 Å². The van der Waals surface area contributed by atoms with Crippen molar-refractivity contribution in [1.82, 2.24) is 14.0 Å². The SMILES string of the molecule is CCOC(=O)Cn1c(=O)c2c3c(sc2n(CCN(C)C)c1=O)CCCC3. The molecule has 7 nitrogen and oxygen atoms in total. The summed E-state index contributed by atoms with van der Waals surface area (Å²) in [6.45, 7) is 2.74. The number of carbonyl (C=O) groups is 1. The molecule has 0 bridgehead atoms. The van der Waals surface area contributed by atoms with Crippen LogP contribution in [0.1, 0.15) is 30.2 Å². The lowest BCUT2D eigenvalue weighted by molar-refractivity contribution is -0.143. The Hall–Kier alpha value is -1.93. The Kier molecular flexibility index (Phi) is 5.62. The van der Waals surface area contributed by atoms with E-state index in [2.05, 4.69) is 0 Å². The monoisotopic (exact) mass is 379 g/mol. The van der Waals surface area contributed by atoms with Gasteiger partial charge in [0.25, 0.3) is 5.56 Å². The van der Waals surface area contributed by atoms with Crippen molar-refractivity contribution in [2.24, 2.45) is 0 Å². The number of aromatic nitrogens is 2. The summed E-state index contributed by atoms with van der Waals surface area (Å²) in [7, 11) is 3.88. The van der Waals surface area contributed by atoms with Gasteiger partial charge in [-0.15, -0.1) is 11.3 Å². The van der Waals surface area contributed by atoms with Gasteiger partial charge in [0.1, 0.15) is 11.4 Å². The molecule has 0 aliphatic heterocycles. The minimum Gasteiger partial charge on any atom is -0.465 e. The number of nitrogens with zero attached hydrogens (tertiary/aromatic N) is 3. The third-order valence-electron chi connectivity index (χ3n) is 4.68. The lowest BCUT2D eigenvalue weighted by Crippen LogP contribution is -2.42. The molecule has 0 spiro atoms. The Balaban J connectivity index is 2.21. The zero-order chi connectivity index (χ0) is 18.8. The highest BCUT2D eigenvalue weighted by molar-refractivity contribution is 7.18. The highest BCUT2D eigenvalue weighted by Crippen LogP contribution is 2.34. The van der Waals surface area contributed by atoms with Crippen LogP contribution in [0.15, 0.2) is 9.59 Å². The van der Waals surface area contributed by atoms with Crippen molar-refractivity contribution < 1.29 is 9.53 Å². The van der Waals surface area contributed by atoms with Gasteiger partial charge < -0.3 is 9.64 Å². The molecule has 2 heterocycles. The average Bonchev–Trinajstić information content (AvgIpc) is 2.98. The zero-order valence-electron chi connectivity index (χ0n) is 15.5. The number of likely N-dealkylation sites (N-methyl/N-ethyl adjacent to an activating group) is 1. The van der Waals surface area contributed by atoms with Crippen LogP contribution in [0.3, 0.4) is 0 Å². The van der Waals surface area contributed by atoms with Gasteiger partial charge in [-0.1, -0.05) is 0 Å². The van der Waals surface area contributed by atoms with Crippen LogP contribution in [-0.2, 0) is 35.5 Å². The summed E-state index contributed by atoms with van der Waals surface area (Å²) in [6, 6.07) is 0. The second-order valence-electron chi connectivity index (χ2n) is 6.82. The molecule has 142 valence electrons. The molecule has 2 aromatic heterocycles. The molecule has 0 aromatic carbocycles. The van der Waals surface area contributed by atoms with Gasteiger partial charge in [-0.2, -0.15) is 0 Å². The topological polar surface area (TPSA) is 73.5 Å². The number of ether oxygens (including phenoxy) is 1. The molecule has 3 rings (SSSR count). The summed E-state index contributed by atoms with van der Waals surface area (Å²) in [4.78, 5) is 41.9. The quantitative estimate of drug-likeness (QED) is 0.706. The van der Waals surface area contributed by atoms with E-state index in [1.54, 1.807) is 22.8 Å². The molecule has 8 heteroatoms. The summed E-state index contributed by atoms with van der Waals surface area (Å²) < 4.78 is 7.64. The first-order chi connectivity index (χ1) is 12.4. The molecule has 1 aliphatic carbocycles. The van der Waals surface area contributed by atoms with Crippen LogP contribution in [-0.4, -0.2) is 47.3 Å². The molecule has 0 fully saturated rings. The lowest BCUT2D eigenvalue weighted by Gasteiger charge is -2.15. The average molecular weight is 379 g/mol. The molecule has 0 radical (unpaired) electrons. The van der Waals surface area contributed by atoms with Crippen LogP contribution in [0, 0.1) is 0 Å². The second kappa shape index (κ2) is 7.75. The maximum Gasteiger partial charge on any atom is 0.332 e. The lowest BCUT2D eigenvalue weighted by atomic mass is 9.97. The maximum absolute atomic E-state index is 13.1. The van der Waals surface area contributed by atoms with Gasteiger partial charge in [0.05, 0.1) is 12.0 Å². The van der Waals surface area contributed by atoms with Crippen molar-refractivity contribution in [3.63, 3.8) is 0 Å². The van der Waals surface area contributed by atoms with Crippen LogP contribution < -0.4 is 11.2 Å². The largest absolute Gasteiger partial charge is 0.465 e. The fraction of sp³-hybridized carbons (Fsp3) is 0.611. The van der Waals surface area contributed by atoms with E-state index in [9.17, 15) is 14.4 Å². The Morgan fingerprint density at radius 3 is 2.62 bits per heavy atom. The summed E-state index contributed by atoms with van der Waals surface area (Å²) in [6.07, 6.45) is 3.97. The van der Waals surface area contributed by atoms with Crippen molar-refractivity contribution in [2.45, 2.75) is 45.7 Å². The third-order valence-corrected chi connectivity index (χ3v) is 6.00. The van der Waals surface area contributed by atoms with E-state index in [1.807, 2.05) is 19.0 Å². The summed E-state index contributed by atoms with van der Waals surface area (Å²) in [5.41, 5.74) is 0.270. The summed E-state index contributed by atoms with van der Waals surface area (Å²) in [5.74, 6) is -0.561. The molecule has 0 N–H and O–H groups in total. The molecule has 0 atom stereocenters. The maximum atomic E-state index is 13.1. The van der Waals surface area contributed by atoms with E-state index in [-0.39, 0.29) is 18.7 Å². The molecule has 1 aliphatic rings. The van der Waals surface area contributed by atoms with E-state index in [0.717, 1.165) is 40.6 Å². The first-order valence-electron chi connectivity index (χ1n) is 9.02. The number of fused-ring (bicyclic) bond motifs is 3. The van der Waals surface area contributed by atoms with Gasteiger partial charge in [0.15, 0.2) is 0 Å². The van der Waals surface area contributed by atoms with Gasteiger partial charge in [-0.25, -0.2) is 9.36 Å². The van der Waals surface area contributed by atoms with Crippen LogP contribution >= 0.6 is 11.3 Å². The first kappa shape index (κ1) is 18.8. The minimum atomic E-state index is -0.561. The van der Waals surface area contributed by atoms with Gasteiger partial charge in [0.2, 0.25) is 0 Å². The number of thiophene rings is 1. The first-order valence-corrected chi connectivity index (χ1v) is 9.84. The highest BCUT2D eigenvalue weighted by atomic mass is 32.1. The molecule has 0 unspecified atom stereocenters. The zero-order valence-corrected chi connectivity index (χ0v) is 16.4. The molecule has 0 saturated carbocycles. The van der Waals surface area contributed by atoms with E-state index < -0.39 is 11.7 Å². The van der Waals surface area contributed by atoms with Gasteiger partial charge in [0, 0.05) is 18.0 Å². The summed E-state index contributed by atoms with van der Waals surface area (Å²) in [5, 5.41) is 0.618. The Labute approximate surface area is 155 Å². The fourth-order valence-electron chi connectivity index (χ4n) is 3.39. The van der Waals surface area contributed by atoms with Gasteiger partial charge >= 0.3 is 11.7 Å². The number of esters is 1. The van der Waals surface area contributed by atoms with Crippen LogP contribution in [0.2, 0.25) is 0 Å². The van der Waals surface area contributed by atoms with Crippen LogP contribution in [0.5, 0.6) is 0 Å². The molecule has 26 heavy (non-hydrogen) atoms. The molecule has 2 aromatic rings. The Bertz CT molecular complexity index is 939. The third kappa shape index (κ3) is 3.48. The summed E-state index contributed by atoms with van der Waals surface area (Å²) >= 11 is 1.56. The van der Waals surface area contributed by atoms with E-state index >= 15 is 0 Å². The Morgan fingerprint density at radius 2 is 1.92 bits per heavy atom. The number of aryl methyl sites for hydroxylation is 2. The van der Waals surface area contributed by atoms with Gasteiger partial charge in [-0.3, -0.25) is 14.2 Å². The number of hydrogen-bond acceptors (Lipinski definition) is 6. The van der Waals surface area contributed by atoms with Crippen molar-refractivity contribution in [3.8, 4) is 0 Å². The standard InChI is InChI=1S/C18H25N3O4S/c1-4-25-14(22)11-21-16(23)15-12-7-5-6-8-13(12)26-17(15)20(18(21)24)10-9-19(2)3/h4-11H2,1-3H3. The van der Waals surface area contributed by atoms with Crippen LogP contribution in [0.25, 0.3) is 10.2 Å². The van der Waals surface area contributed by atoms with E-state index in [0.29, 0.717) is 18.5 Å². The van der Waals surface area contributed by atoms with Gasteiger partial charge in [-0.05, 0) is 52.3 Å². The number of rotatable bonds is 6. The van der Waals surface area contributed by atoms with Crippen molar-refractivity contribution >= 4 is 27.5 Å². The highest BCUT2D eigenvalue weighted by Gasteiger charge is 2.24. The smallest absolute Gasteiger partial charge is 0.332 e. The minimum absolute atomic E-state index is 0.221. The molecule has 0 amide bonds. The normalized spacial score (nSPS) is 14.0. The predicted molar refractivity (Wildman–Crippen MR) is 102 cm³/mol. The second-order valence-corrected chi connectivity index (χ2v) is 7.91.